The lowest BCUT2D eigenvalue weighted by Gasteiger charge is -2.09. The lowest BCUT2D eigenvalue weighted by molar-refractivity contribution is -0.128. The highest BCUT2D eigenvalue weighted by molar-refractivity contribution is 7.99. The summed E-state index contributed by atoms with van der Waals surface area (Å²) in [5.41, 5.74) is 0. The fourth-order valence-electron chi connectivity index (χ4n) is 0.963. The summed E-state index contributed by atoms with van der Waals surface area (Å²) in [6, 6.07) is 0. The quantitative estimate of drug-likeness (QED) is 0.134. The van der Waals surface area contributed by atoms with E-state index < -0.39 is 12.4 Å². The average molecular weight is 295 g/mol. The van der Waals surface area contributed by atoms with Gasteiger partial charge in [0.2, 0.25) is 0 Å². The molecule has 0 aliphatic rings. The van der Waals surface area contributed by atoms with Gasteiger partial charge < -0.3 is 19.0 Å². The maximum atomic E-state index is 11.0. The Labute approximate surface area is 115 Å². The van der Waals surface area contributed by atoms with Gasteiger partial charge in [0, 0.05) is 6.92 Å². The number of thioether (sulfide) groups is 1. The highest BCUT2D eigenvalue weighted by Gasteiger charge is 2.11. The molecule has 0 amide bonds. The first-order valence-electron chi connectivity index (χ1n) is 5.65. The Morgan fingerprint density at radius 3 is 2.63 bits per heavy atom. The average Bonchev–Trinajstić information content (AvgIpc) is 2.37. The Morgan fingerprint density at radius 1 is 1.32 bits per heavy atom. The van der Waals surface area contributed by atoms with E-state index in [1.165, 1.54) is 6.92 Å². The third kappa shape index (κ3) is 12.7. The van der Waals surface area contributed by atoms with E-state index in [1.807, 2.05) is 0 Å². The molecule has 8 nitrogen and oxygen atoms in total. The van der Waals surface area contributed by atoms with Crippen LogP contribution in [0.3, 0.4) is 0 Å². The van der Waals surface area contributed by atoms with Crippen LogP contribution in [0.15, 0.2) is 5.34 Å². The highest BCUT2D eigenvalue weighted by Crippen LogP contribution is 2.05. The normalized spacial score (nSPS) is 11.2. The summed E-state index contributed by atoms with van der Waals surface area (Å²) in [7, 11) is 0. The molecule has 0 aliphatic heterocycles. The fraction of sp³-hybridized carbons (Fsp3) is 0.800. The molecule has 1 unspecified atom stereocenters. The molecule has 0 aromatic rings. The van der Waals surface area contributed by atoms with Crippen molar-refractivity contribution >= 4 is 24.4 Å². The summed E-state index contributed by atoms with van der Waals surface area (Å²) < 4.78 is 13.8. The fourth-order valence-corrected chi connectivity index (χ4v) is 1.81. The Bertz CT molecular complexity index is 264. The molecule has 9 heteroatoms. The zero-order valence-electron chi connectivity index (χ0n) is 10.6. The summed E-state index contributed by atoms with van der Waals surface area (Å²) in [4.78, 5) is 34.6. The van der Waals surface area contributed by atoms with Gasteiger partial charge in [0.15, 0.2) is 5.34 Å². The zero-order chi connectivity index (χ0) is 14.3. The van der Waals surface area contributed by atoms with Crippen LogP contribution in [0.4, 0.5) is 4.79 Å². The van der Waals surface area contributed by atoms with Crippen LogP contribution in [-0.2, 0) is 23.8 Å². The number of rotatable bonds is 12. The topological polar surface area (TPSA) is 100 Å². The maximum absolute atomic E-state index is 11.0. The van der Waals surface area contributed by atoms with Gasteiger partial charge in [0.1, 0.15) is 0 Å². The first-order chi connectivity index (χ1) is 9.20. The number of ether oxygens (including phenoxy) is 3. The summed E-state index contributed by atoms with van der Waals surface area (Å²) >= 11 is 1.67. The Morgan fingerprint density at radius 2 is 2.00 bits per heavy atom. The first-order valence-corrected chi connectivity index (χ1v) is 6.81. The van der Waals surface area contributed by atoms with Crippen molar-refractivity contribution in [2.45, 2.75) is 26.1 Å². The van der Waals surface area contributed by atoms with Crippen LogP contribution in [0, 0.1) is 4.91 Å². The van der Waals surface area contributed by atoms with Crippen LogP contribution in [0.25, 0.3) is 0 Å². The van der Waals surface area contributed by atoms with Gasteiger partial charge in [0.05, 0.1) is 13.2 Å². The molecular formula is C10H17NO7S. The van der Waals surface area contributed by atoms with E-state index in [4.69, 9.17) is 4.74 Å². The van der Waals surface area contributed by atoms with Gasteiger partial charge in [-0.3, -0.25) is 4.79 Å². The molecule has 0 fully saturated rings. The second-order valence-electron chi connectivity index (χ2n) is 3.25. The molecule has 0 N–H and O–H groups in total. The van der Waals surface area contributed by atoms with Crippen LogP contribution < -0.4 is 0 Å². The number of hydrogen-bond donors (Lipinski definition) is 0. The maximum Gasteiger partial charge on any atom is 0.511 e. The molecule has 0 aromatic heterocycles. The van der Waals surface area contributed by atoms with Crippen molar-refractivity contribution in [1.82, 2.24) is 0 Å². The van der Waals surface area contributed by atoms with Gasteiger partial charge in [-0.2, -0.15) is 11.8 Å². The van der Waals surface area contributed by atoms with Crippen LogP contribution in [0.1, 0.15) is 19.8 Å². The lowest BCUT2D eigenvalue weighted by atomic mass is 10.5. The van der Waals surface area contributed by atoms with Crippen molar-refractivity contribution < 1.29 is 28.6 Å². The summed E-state index contributed by atoms with van der Waals surface area (Å²) in [6.45, 7) is 2.41. The predicted octanol–water partition coefficient (Wildman–Crippen LogP) is 1.87. The van der Waals surface area contributed by atoms with E-state index in [0.29, 0.717) is 19.5 Å². The van der Waals surface area contributed by atoms with Gasteiger partial charge in [0.25, 0.3) is 12.8 Å². The van der Waals surface area contributed by atoms with Crippen LogP contribution >= 0.6 is 11.8 Å². The predicted molar refractivity (Wildman–Crippen MR) is 67.4 cm³/mol. The molecule has 0 heterocycles. The third-order valence-corrected chi connectivity index (χ3v) is 2.88. The highest BCUT2D eigenvalue weighted by atomic mass is 32.2. The summed E-state index contributed by atoms with van der Waals surface area (Å²) in [5.74, 6) is 1.69. The van der Waals surface area contributed by atoms with Crippen LogP contribution in [-0.4, -0.2) is 43.6 Å². The van der Waals surface area contributed by atoms with Gasteiger partial charge >= 0.3 is 6.16 Å². The van der Waals surface area contributed by atoms with Gasteiger partial charge in [-0.15, -0.1) is 4.91 Å². The molecule has 0 aromatic carbocycles. The van der Waals surface area contributed by atoms with E-state index >= 15 is 0 Å². The van der Waals surface area contributed by atoms with E-state index in [2.05, 4.69) is 19.7 Å². The summed E-state index contributed by atoms with van der Waals surface area (Å²) in [6.07, 6.45) is -0.493. The molecule has 0 aliphatic carbocycles. The molecule has 110 valence electrons. The Kier molecular flexibility index (Phi) is 11.9. The first kappa shape index (κ1) is 17.5. The smallest absolute Gasteiger partial charge is 0.468 e. The Balaban J connectivity index is 3.27. The number of carbonyl (C=O) groups excluding carboxylic acids is 2. The van der Waals surface area contributed by atoms with E-state index in [-0.39, 0.29) is 6.61 Å². The monoisotopic (exact) mass is 295 g/mol. The molecule has 0 radical (unpaired) electrons. The molecule has 1 atom stereocenters. The van der Waals surface area contributed by atoms with Crippen molar-refractivity contribution in [1.29, 1.82) is 0 Å². The SMILES string of the molecule is CC(ON=O)OC(=O)OCCCSCCCOC=O. The standard InChI is InChI=1S/C10H17NO7S/c1-9(18-11-14)17-10(13)16-5-3-7-19-6-2-4-15-8-12/h8-9H,2-7H2,1H3. The van der Waals surface area contributed by atoms with Crippen molar-refractivity contribution in [3.8, 4) is 0 Å². The number of hydrogen-bond acceptors (Lipinski definition) is 9. The Hall–Kier alpha value is -1.51. The van der Waals surface area contributed by atoms with E-state index in [9.17, 15) is 14.5 Å². The van der Waals surface area contributed by atoms with E-state index in [1.54, 1.807) is 11.8 Å². The van der Waals surface area contributed by atoms with Crippen LogP contribution in [0.5, 0.6) is 0 Å². The molecule has 0 bridgehead atoms. The third-order valence-electron chi connectivity index (χ3n) is 1.73. The number of nitrogens with zero attached hydrogens (tertiary/aromatic N) is 1. The minimum Gasteiger partial charge on any atom is -0.468 e. The van der Waals surface area contributed by atoms with Crippen molar-refractivity contribution in [3.63, 3.8) is 0 Å². The van der Waals surface area contributed by atoms with Crippen molar-refractivity contribution in [2.75, 3.05) is 24.7 Å². The van der Waals surface area contributed by atoms with Crippen molar-refractivity contribution in [3.05, 3.63) is 4.91 Å². The van der Waals surface area contributed by atoms with Gasteiger partial charge in [-0.1, -0.05) is 0 Å². The minimum absolute atomic E-state index is 0.220. The molecule has 0 saturated carbocycles. The summed E-state index contributed by atoms with van der Waals surface area (Å²) in [5, 5.41) is 2.12. The van der Waals surface area contributed by atoms with Crippen molar-refractivity contribution in [2.24, 2.45) is 5.34 Å². The lowest BCUT2D eigenvalue weighted by Crippen LogP contribution is -2.17. The molecular weight excluding hydrogens is 278 g/mol. The number of carbonyl (C=O) groups is 2. The zero-order valence-corrected chi connectivity index (χ0v) is 11.4. The molecule has 0 spiro atoms. The van der Waals surface area contributed by atoms with Crippen LogP contribution in [0.2, 0.25) is 0 Å². The second-order valence-corrected chi connectivity index (χ2v) is 4.48. The molecule has 0 saturated heterocycles. The second kappa shape index (κ2) is 12.9. The van der Waals surface area contributed by atoms with Gasteiger partial charge in [-0.25, -0.2) is 4.79 Å². The van der Waals surface area contributed by atoms with Gasteiger partial charge in [-0.05, 0) is 24.3 Å². The van der Waals surface area contributed by atoms with E-state index in [0.717, 1.165) is 17.9 Å². The molecule has 19 heavy (non-hydrogen) atoms. The minimum atomic E-state index is -1.06. The molecule has 0 rings (SSSR count). The largest absolute Gasteiger partial charge is 0.511 e.